The second kappa shape index (κ2) is 8.65. The highest BCUT2D eigenvalue weighted by atomic mass is 35.5. The van der Waals surface area contributed by atoms with E-state index in [0.717, 1.165) is 23.2 Å². The van der Waals surface area contributed by atoms with Crippen molar-refractivity contribution in [2.75, 3.05) is 27.4 Å². The molecule has 2 aliphatic heterocycles. The molecule has 156 valence electrons. The standard InChI is InChI=1S/C21H24ClFN2O4/c1-26-16-6-12-8-24-10-14(12)18(22)20(16)28-4-3-5-29-21-17(27-2)7-13-9-25-11-15(13)19(21)23/h6-7,24-25H,3-5,8-11H2,1-2H3. The first-order valence-electron chi connectivity index (χ1n) is 9.57. The van der Waals surface area contributed by atoms with Gasteiger partial charge in [-0.2, -0.15) is 0 Å². The molecular weight excluding hydrogens is 399 g/mol. The average molecular weight is 423 g/mol. The highest BCUT2D eigenvalue weighted by molar-refractivity contribution is 6.33. The molecule has 0 fully saturated rings. The lowest BCUT2D eigenvalue weighted by Crippen LogP contribution is -2.09. The van der Waals surface area contributed by atoms with E-state index in [9.17, 15) is 4.39 Å². The van der Waals surface area contributed by atoms with Crippen molar-refractivity contribution in [3.8, 4) is 23.0 Å². The zero-order chi connectivity index (χ0) is 20.4. The van der Waals surface area contributed by atoms with Crippen LogP contribution < -0.4 is 29.6 Å². The molecule has 2 heterocycles. The van der Waals surface area contributed by atoms with E-state index < -0.39 is 0 Å². The van der Waals surface area contributed by atoms with Crippen LogP contribution in [0.15, 0.2) is 12.1 Å². The molecule has 0 amide bonds. The van der Waals surface area contributed by atoms with E-state index >= 15 is 0 Å². The Kier molecular flexibility index (Phi) is 5.99. The number of hydrogen-bond acceptors (Lipinski definition) is 6. The third-order valence-corrected chi connectivity index (χ3v) is 5.62. The second-order valence-electron chi connectivity index (χ2n) is 6.98. The first-order valence-corrected chi connectivity index (χ1v) is 9.95. The van der Waals surface area contributed by atoms with Crippen molar-refractivity contribution in [1.82, 2.24) is 10.6 Å². The van der Waals surface area contributed by atoms with Crippen LogP contribution in [0, 0.1) is 5.82 Å². The number of nitrogens with one attached hydrogen (secondary N) is 2. The van der Waals surface area contributed by atoms with Gasteiger partial charge in [0.2, 0.25) is 0 Å². The van der Waals surface area contributed by atoms with E-state index in [1.165, 1.54) is 7.11 Å². The third kappa shape index (κ3) is 3.82. The van der Waals surface area contributed by atoms with Gasteiger partial charge < -0.3 is 29.6 Å². The van der Waals surface area contributed by atoms with Crippen LogP contribution in [0.2, 0.25) is 5.02 Å². The quantitative estimate of drug-likeness (QED) is 0.634. The lowest BCUT2D eigenvalue weighted by atomic mass is 10.1. The van der Waals surface area contributed by atoms with Crippen LogP contribution >= 0.6 is 11.6 Å². The van der Waals surface area contributed by atoms with Crippen LogP contribution in [-0.4, -0.2) is 27.4 Å². The highest BCUT2D eigenvalue weighted by Crippen LogP contribution is 2.41. The van der Waals surface area contributed by atoms with Crippen LogP contribution in [0.5, 0.6) is 23.0 Å². The van der Waals surface area contributed by atoms with Crippen molar-refractivity contribution in [2.24, 2.45) is 0 Å². The summed E-state index contributed by atoms with van der Waals surface area (Å²) in [4.78, 5) is 0. The first-order chi connectivity index (χ1) is 14.1. The number of halogens is 2. The molecular formula is C21H24ClFN2O4. The molecule has 0 unspecified atom stereocenters. The predicted octanol–water partition coefficient (Wildman–Crippen LogP) is 3.55. The van der Waals surface area contributed by atoms with Crippen LogP contribution in [-0.2, 0) is 26.2 Å². The molecule has 0 aliphatic carbocycles. The number of hydrogen-bond donors (Lipinski definition) is 2. The molecule has 0 radical (unpaired) electrons. The normalized spacial score (nSPS) is 14.5. The summed E-state index contributed by atoms with van der Waals surface area (Å²) in [6.45, 7) is 3.25. The van der Waals surface area contributed by atoms with E-state index in [1.807, 2.05) is 12.1 Å². The number of fused-ring (bicyclic) bond motifs is 2. The smallest absolute Gasteiger partial charge is 0.197 e. The summed E-state index contributed by atoms with van der Waals surface area (Å²) in [6, 6.07) is 3.78. The molecule has 2 aromatic rings. The lowest BCUT2D eigenvalue weighted by molar-refractivity contribution is 0.228. The van der Waals surface area contributed by atoms with Gasteiger partial charge in [0.05, 0.1) is 32.5 Å². The van der Waals surface area contributed by atoms with Crippen LogP contribution in [0.1, 0.15) is 28.7 Å². The molecule has 0 atom stereocenters. The molecule has 0 bridgehead atoms. The molecule has 6 nitrogen and oxygen atoms in total. The summed E-state index contributed by atoms with van der Waals surface area (Å²) in [5.74, 6) is 1.33. The van der Waals surface area contributed by atoms with E-state index in [1.54, 1.807) is 7.11 Å². The molecule has 4 rings (SSSR count). The van der Waals surface area contributed by atoms with Gasteiger partial charge in [0.25, 0.3) is 0 Å². The van der Waals surface area contributed by atoms with Gasteiger partial charge in [-0.15, -0.1) is 0 Å². The molecule has 0 aromatic heterocycles. The van der Waals surface area contributed by atoms with E-state index in [2.05, 4.69) is 10.6 Å². The molecule has 0 saturated heterocycles. The molecule has 2 aromatic carbocycles. The van der Waals surface area contributed by atoms with Gasteiger partial charge >= 0.3 is 0 Å². The van der Waals surface area contributed by atoms with Crippen molar-refractivity contribution in [3.05, 3.63) is 45.2 Å². The van der Waals surface area contributed by atoms with Crippen molar-refractivity contribution in [2.45, 2.75) is 32.6 Å². The summed E-state index contributed by atoms with van der Waals surface area (Å²) in [7, 11) is 3.10. The maximum absolute atomic E-state index is 14.8. The fourth-order valence-electron chi connectivity index (χ4n) is 3.72. The Labute approximate surface area is 174 Å². The summed E-state index contributed by atoms with van der Waals surface area (Å²) in [5, 5.41) is 6.98. The van der Waals surface area contributed by atoms with E-state index in [4.69, 9.17) is 30.5 Å². The highest BCUT2D eigenvalue weighted by Gasteiger charge is 2.24. The Hall–Kier alpha value is -2.22. The minimum absolute atomic E-state index is 0.147. The number of methoxy groups -OCH3 is 2. The SMILES string of the molecule is COc1cc2c(c(F)c1OCCCOc1c(OC)cc3c(c1Cl)CNC3)CNC2. The Morgan fingerprint density at radius 3 is 2.07 bits per heavy atom. The predicted molar refractivity (Wildman–Crippen MR) is 108 cm³/mol. The van der Waals surface area contributed by atoms with E-state index in [0.29, 0.717) is 60.5 Å². The van der Waals surface area contributed by atoms with Crippen molar-refractivity contribution in [3.63, 3.8) is 0 Å². The van der Waals surface area contributed by atoms with Gasteiger partial charge in [-0.3, -0.25) is 0 Å². The summed E-state index contributed by atoms with van der Waals surface area (Å²) in [5.41, 5.74) is 3.71. The molecule has 2 aliphatic rings. The minimum Gasteiger partial charge on any atom is -0.493 e. The van der Waals surface area contributed by atoms with Gasteiger partial charge in [-0.05, 0) is 28.8 Å². The van der Waals surface area contributed by atoms with Crippen molar-refractivity contribution in [1.29, 1.82) is 0 Å². The summed E-state index contributed by atoms with van der Waals surface area (Å²) >= 11 is 6.51. The van der Waals surface area contributed by atoms with Crippen LogP contribution in [0.4, 0.5) is 4.39 Å². The van der Waals surface area contributed by atoms with Gasteiger partial charge in [0.15, 0.2) is 28.8 Å². The maximum atomic E-state index is 14.8. The molecule has 0 saturated carbocycles. The fraction of sp³-hybridized carbons (Fsp3) is 0.429. The first kappa shape index (κ1) is 20.1. The summed E-state index contributed by atoms with van der Waals surface area (Å²) < 4.78 is 37.1. The van der Waals surface area contributed by atoms with Crippen molar-refractivity contribution >= 4 is 11.6 Å². The Morgan fingerprint density at radius 1 is 0.862 bits per heavy atom. The van der Waals surface area contributed by atoms with Gasteiger partial charge in [-0.1, -0.05) is 11.6 Å². The largest absolute Gasteiger partial charge is 0.493 e. The van der Waals surface area contributed by atoms with E-state index in [-0.39, 0.29) is 18.2 Å². The molecule has 0 spiro atoms. The zero-order valence-electron chi connectivity index (χ0n) is 16.5. The molecule has 8 heteroatoms. The van der Waals surface area contributed by atoms with Crippen LogP contribution in [0.3, 0.4) is 0 Å². The minimum atomic E-state index is -0.360. The Bertz CT molecular complexity index is 849. The second-order valence-corrected chi connectivity index (χ2v) is 7.35. The number of rotatable bonds is 8. The molecule has 29 heavy (non-hydrogen) atoms. The Morgan fingerprint density at radius 2 is 1.41 bits per heavy atom. The third-order valence-electron chi connectivity index (χ3n) is 5.22. The topological polar surface area (TPSA) is 61.0 Å². The Balaban J connectivity index is 1.38. The summed E-state index contributed by atoms with van der Waals surface area (Å²) in [6.07, 6.45) is 0.548. The average Bonchev–Trinajstić information content (AvgIpc) is 3.39. The van der Waals surface area contributed by atoms with Crippen molar-refractivity contribution < 1.29 is 23.3 Å². The molecule has 2 N–H and O–H groups in total. The maximum Gasteiger partial charge on any atom is 0.197 e. The van der Waals surface area contributed by atoms with Gasteiger partial charge in [0.1, 0.15) is 0 Å². The number of benzene rings is 2. The fourth-order valence-corrected chi connectivity index (χ4v) is 4.05. The lowest BCUT2D eigenvalue weighted by Gasteiger charge is -2.16. The zero-order valence-corrected chi connectivity index (χ0v) is 17.2. The van der Waals surface area contributed by atoms with Gasteiger partial charge in [-0.25, -0.2) is 4.39 Å². The van der Waals surface area contributed by atoms with Gasteiger partial charge in [0, 0.05) is 38.2 Å². The monoisotopic (exact) mass is 422 g/mol. The van der Waals surface area contributed by atoms with Crippen LogP contribution in [0.25, 0.3) is 0 Å². The number of ether oxygens (including phenoxy) is 4.